The van der Waals surface area contributed by atoms with Crippen LogP contribution < -0.4 is 5.32 Å². The van der Waals surface area contributed by atoms with Crippen molar-refractivity contribution in [3.8, 4) is 10.7 Å². The highest BCUT2D eigenvalue weighted by molar-refractivity contribution is 7.13. The maximum atomic E-state index is 12.3. The van der Waals surface area contributed by atoms with Crippen LogP contribution in [0.3, 0.4) is 0 Å². The number of nitrogens with zero attached hydrogens (tertiary/aromatic N) is 2. The Morgan fingerprint density at radius 2 is 2.11 bits per heavy atom. The minimum absolute atomic E-state index is 0.00592. The number of hydrogen-bond acceptors (Lipinski definition) is 6. The van der Waals surface area contributed by atoms with Gasteiger partial charge in [0.25, 0.3) is 0 Å². The molecule has 4 rings (SSSR count). The number of aliphatic hydroxyl groups is 1. The maximum Gasteiger partial charge on any atom is 0.226 e. The Balaban J connectivity index is 1.28. The van der Waals surface area contributed by atoms with E-state index in [1.807, 2.05) is 41.8 Å². The molecule has 2 heterocycles. The standard InChI is InChI=1S/C20H21N3O3S/c24-12-13-11-16(15-6-2-1-5-14(13)15)21-18(25)8-3-9-19-22-20(23-26-19)17-7-4-10-27-17/h1-2,4-7,10,13,16,24H,3,8-9,11-12H2,(H,21,25)/t13-,16-/m1/s1. The Hall–Kier alpha value is -2.51. The summed E-state index contributed by atoms with van der Waals surface area (Å²) in [4.78, 5) is 17.7. The lowest BCUT2D eigenvalue weighted by molar-refractivity contribution is -0.122. The molecule has 0 spiro atoms. The number of aliphatic hydroxyl groups excluding tert-OH is 1. The van der Waals surface area contributed by atoms with E-state index in [-0.39, 0.29) is 24.5 Å². The lowest BCUT2D eigenvalue weighted by atomic mass is 10.0. The van der Waals surface area contributed by atoms with Crippen LogP contribution in [0.15, 0.2) is 46.3 Å². The van der Waals surface area contributed by atoms with Gasteiger partial charge in [0.1, 0.15) is 0 Å². The molecule has 1 aliphatic rings. The fraction of sp³-hybridized carbons (Fsp3) is 0.350. The molecule has 0 aliphatic heterocycles. The first kappa shape index (κ1) is 17.9. The Bertz CT molecular complexity index is 907. The van der Waals surface area contributed by atoms with Crippen LogP contribution in [0.2, 0.25) is 0 Å². The summed E-state index contributed by atoms with van der Waals surface area (Å²) < 4.78 is 5.26. The number of nitrogens with one attached hydrogen (secondary N) is 1. The first-order chi connectivity index (χ1) is 13.2. The molecule has 1 aliphatic carbocycles. The molecule has 7 heteroatoms. The van der Waals surface area contributed by atoms with Crippen molar-refractivity contribution in [2.24, 2.45) is 0 Å². The van der Waals surface area contributed by atoms with Crippen molar-refractivity contribution in [1.82, 2.24) is 15.5 Å². The predicted molar refractivity (Wildman–Crippen MR) is 102 cm³/mol. The normalized spacial score (nSPS) is 18.4. The molecular formula is C20H21N3O3S. The van der Waals surface area contributed by atoms with Gasteiger partial charge >= 0.3 is 0 Å². The summed E-state index contributed by atoms with van der Waals surface area (Å²) in [5.74, 6) is 1.26. The Morgan fingerprint density at radius 3 is 2.89 bits per heavy atom. The summed E-state index contributed by atoms with van der Waals surface area (Å²) in [6, 6.07) is 11.9. The van der Waals surface area contributed by atoms with Gasteiger partial charge in [-0.3, -0.25) is 4.79 Å². The van der Waals surface area contributed by atoms with Crippen molar-refractivity contribution in [3.05, 3.63) is 58.8 Å². The second-order valence-corrected chi connectivity index (χ2v) is 7.65. The summed E-state index contributed by atoms with van der Waals surface area (Å²) in [5, 5.41) is 18.6. The summed E-state index contributed by atoms with van der Waals surface area (Å²) in [6.45, 7) is 0.104. The van der Waals surface area contributed by atoms with E-state index in [2.05, 4.69) is 15.5 Å². The van der Waals surface area contributed by atoms with Gasteiger partial charge < -0.3 is 14.9 Å². The van der Waals surface area contributed by atoms with E-state index in [1.54, 1.807) is 11.3 Å². The molecule has 2 atom stereocenters. The van der Waals surface area contributed by atoms with Gasteiger partial charge in [0, 0.05) is 18.8 Å². The molecule has 0 fully saturated rings. The van der Waals surface area contributed by atoms with Crippen molar-refractivity contribution >= 4 is 17.2 Å². The molecule has 140 valence electrons. The predicted octanol–water partition coefficient (Wildman–Crippen LogP) is 3.46. The van der Waals surface area contributed by atoms with Crippen LogP contribution in [0, 0.1) is 0 Å². The molecule has 2 N–H and O–H groups in total. The van der Waals surface area contributed by atoms with Crippen molar-refractivity contribution < 1.29 is 14.4 Å². The fourth-order valence-corrected chi connectivity index (χ4v) is 4.23. The van der Waals surface area contributed by atoms with Gasteiger partial charge in [-0.1, -0.05) is 35.5 Å². The summed E-state index contributed by atoms with van der Waals surface area (Å²) in [6.07, 6.45) is 2.37. The Labute approximate surface area is 161 Å². The topological polar surface area (TPSA) is 88.2 Å². The molecule has 3 aromatic rings. The lowest BCUT2D eigenvalue weighted by Crippen LogP contribution is -2.27. The van der Waals surface area contributed by atoms with Crippen LogP contribution in [0.25, 0.3) is 10.7 Å². The van der Waals surface area contributed by atoms with E-state index in [1.165, 1.54) is 0 Å². The third kappa shape index (κ3) is 3.94. The minimum atomic E-state index is -0.0281. The van der Waals surface area contributed by atoms with Crippen molar-refractivity contribution in [2.45, 2.75) is 37.6 Å². The first-order valence-corrected chi connectivity index (χ1v) is 9.98. The average molecular weight is 383 g/mol. The monoisotopic (exact) mass is 383 g/mol. The van der Waals surface area contributed by atoms with Gasteiger partial charge in [-0.15, -0.1) is 11.3 Å². The number of benzene rings is 1. The highest BCUT2D eigenvalue weighted by Crippen LogP contribution is 2.39. The van der Waals surface area contributed by atoms with Gasteiger partial charge in [-0.2, -0.15) is 4.98 Å². The van der Waals surface area contributed by atoms with Gasteiger partial charge in [0.15, 0.2) is 0 Å². The molecule has 2 aromatic heterocycles. The Morgan fingerprint density at radius 1 is 1.26 bits per heavy atom. The number of carbonyl (C=O) groups is 1. The number of amides is 1. The van der Waals surface area contributed by atoms with Crippen LogP contribution in [0.5, 0.6) is 0 Å². The number of thiophene rings is 1. The van der Waals surface area contributed by atoms with E-state index in [9.17, 15) is 9.90 Å². The number of rotatable bonds is 7. The number of aryl methyl sites for hydroxylation is 1. The van der Waals surface area contributed by atoms with Crippen LogP contribution >= 0.6 is 11.3 Å². The van der Waals surface area contributed by atoms with Crippen LogP contribution in [-0.4, -0.2) is 27.8 Å². The molecular weight excluding hydrogens is 362 g/mol. The molecule has 0 saturated carbocycles. The Kier molecular flexibility index (Phi) is 5.31. The van der Waals surface area contributed by atoms with Gasteiger partial charge in [0.05, 0.1) is 17.5 Å². The molecule has 1 aromatic carbocycles. The van der Waals surface area contributed by atoms with E-state index in [4.69, 9.17) is 4.52 Å². The lowest BCUT2D eigenvalue weighted by Gasteiger charge is -2.14. The third-order valence-electron chi connectivity index (χ3n) is 4.89. The highest BCUT2D eigenvalue weighted by Gasteiger charge is 2.30. The maximum absolute atomic E-state index is 12.3. The minimum Gasteiger partial charge on any atom is -0.396 e. The number of carbonyl (C=O) groups excluding carboxylic acids is 1. The molecule has 0 radical (unpaired) electrons. The molecule has 0 saturated heterocycles. The first-order valence-electron chi connectivity index (χ1n) is 9.10. The zero-order valence-corrected chi connectivity index (χ0v) is 15.6. The molecule has 6 nitrogen and oxygen atoms in total. The van der Waals surface area contributed by atoms with E-state index < -0.39 is 0 Å². The molecule has 27 heavy (non-hydrogen) atoms. The molecule has 1 amide bonds. The zero-order chi connectivity index (χ0) is 18.6. The van der Waals surface area contributed by atoms with Crippen molar-refractivity contribution in [3.63, 3.8) is 0 Å². The number of fused-ring (bicyclic) bond motifs is 1. The SMILES string of the molecule is O=C(CCCc1nc(-c2cccs2)no1)N[C@@H]1C[C@H](CO)c2ccccc21. The van der Waals surface area contributed by atoms with Crippen molar-refractivity contribution in [2.75, 3.05) is 6.61 Å². The summed E-state index contributed by atoms with van der Waals surface area (Å²) >= 11 is 1.57. The zero-order valence-electron chi connectivity index (χ0n) is 14.8. The van der Waals surface area contributed by atoms with E-state index >= 15 is 0 Å². The molecule has 0 bridgehead atoms. The summed E-state index contributed by atoms with van der Waals surface area (Å²) in [7, 11) is 0. The fourth-order valence-electron chi connectivity index (χ4n) is 3.58. The second-order valence-electron chi connectivity index (χ2n) is 6.71. The van der Waals surface area contributed by atoms with Gasteiger partial charge in [0.2, 0.25) is 17.6 Å². The van der Waals surface area contributed by atoms with E-state index in [0.29, 0.717) is 31.0 Å². The molecule has 0 unspecified atom stereocenters. The quantitative estimate of drug-likeness (QED) is 0.652. The smallest absolute Gasteiger partial charge is 0.226 e. The number of hydrogen-bond donors (Lipinski definition) is 2. The average Bonchev–Trinajstić information content (AvgIpc) is 3.42. The number of aromatic nitrogens is 2. The van der Waals surface area contributed by atoms with E-state index in [0.717, 1.165) is 22.4 Å². The highest BCUT2D eigenvalue weighted by atomic mass is 32.1. The largest absolute Gasteiger partial charge is 0.396 e. The second kappa shape index (κ2) is 8.02. The van der Waals surface area contributed by atoms with Crippen molar-refractivity contribution in [1.29, 1.82) is 0 Å². The van der Waals surface area contributed by atoms with Gasteiger partial charge in [-0.25, -0.2) is 0 Å². The third-order valence-corrected chi connectivity index (χ3v) is 5.76. The van der Waals surface area contributed by atoms with Crippen LogP contribution in [0.1, 0.15) is 48.2 Å². The van der Waals surface area contributed by atoms with Crippen LogP contribution in [0.4, 0.5) is 0 Å². The van der Waals surface area contributed by atoms with Crippen LogP contribution in [-0.2, 0) is 11.2 Å². The van der Waals surface area contributed by atoms with Gasteiger partial charge in [-0.05, 0) is 35.4 Å². The summed E-state index contributed by atoms with van der Waals surface area (Å²) in [5.41, 5.74) is 2.25.